The van der Waals surface area contributed by atoms with Crippen LogP contribution in [0.25, 0.3) is 0 Å². The Labute approximate surface area is 822 Å². The summed E-state index contributed by atoms with van der Waals surface area (Å²) >= 11 is 4.76. The molecule has 6 N–H and O–H groups in total. The number of aliphatic hydroxyl groups is 2. The summed E-state index contributed by atoms with van der Waals surface area (Å²) in [5, 5.41) is 82.4. The highest BCUT2D eigenvalue weighted by Gasteiger charge is 2.26. The SMILES string of the molecule is CC(=O)C(Cc1ccc([N+](=O)[O-])cc1)C(C)=O.CC(C)(C)OC(=O)CCCNCCCC(=O)OC(C)(C)C.CCC(COS(C)(=O)=O)Cc1ccc([N+](=O)[O-])cc1.CCCN(CCNC(=O)OC(C)(C)C)CC(Cc1ccc([N+](=O)[O-])cc1)CN(CCNC(=O)OC(C)(C)C)CCNC(=O)OC(C)(C)C.O=[N+]([O-])c1ccc(CC(CI)CI)cc1.O=[N+]([O-])c1ccc(CC(CO)CO)cc1. The average molecular weight is 2150 g/mol. The van der Waals surface area contributed by atoms with Crippen LogP contribution in [0.4, 0.5) is 42.8 Å². The molecule has 0 saturated heterocycles. The van der Waals surface area contributed by atoms with E-state index in [1.54, 1.807) is 102 Å². The largest absolute Gasteiger partial charge is 0.460 e. The van der Waals surface area contributed by atoms with E-state index in [0.717, 1.165) is 89.1 Å². The zero-order chi connectivity index (χ0) is 103. The van der Waals surface area contributed by atoms with Crippen molar-refractivity contribution in [1.82, 2.24) is 31.1 Å². The topological polar surface area (TPSA) is 520 Å². The summed E-state index contributed by atoms with van der Waals surface area (Å²) in [6, 6.07) is 31.6. The molecule has 0 spiro atoms. The zero-order valence-electron chi connectivity index (χ0n) is 81.9. The molecule has 5 rings (SSSR count). The molecule has 2 atom stereocenters. The van der Waals surface area contributed by atoms with Crippen LogP contribution in [-0.2, 0) is 89.3 Å². The molecule has 0 bridgehead atoms. The van der Waals surface area contributed by atoms with Gasteiger partial charge in [-0.1, -0.05) is 126 Å². The third-order valence-electron chi connectivity index (χ3n) is 18.5. The van der Waals surface area contributed by atoms with Gasteiger partial charge in [0.05, 0.1) is 43.4 Å². The van der Waals surface area contributed by atoms with Gasteiger partial charge in [0, 0.05) is 154 Å². The lowest BCUT2D eigenvalue weighted by Crippen LogP contribution is -2.46. The molecule has 2 unspecified atom stereocenters. The number of halogens is 2. The highest BCUT2D eigenvalue weighted by molar-refractivity contribution is 14.1. The molecule has 135 heavy (non-hydrogen) atoms. The summed E-state index contributed by atoms with van der Waals surface area (Å²) in [6.45, 7) is 40.3. The Balaban J connectivity index is 0.00000172. The molecule has 0 saturated carbocycles. The quantitative estimate of drug-likeness (QED) is 0.00242. The average Bonchev–Trinajstić information content (AvgIpc) is 0.877. The summed E-state index contributed by atoms with van der Waals surface area (Å²) < 4.78 is 55.5. The smallest absolute Gasteiger partial charge is 0.407 e. The maximum Gasteiger partial charge on any atom is 0.407 e. The summed E-state index contributed by atoms with van der Waals surface area (Å²) in [6.07, 6.45) is 6.58. The van der Waals surface area contributed by atoms with E-state index < -0.39 is 82.0 Å². The molecule has 5 aromatic rings. The van der Waals surface area contributed by atoms with Crippen LogP contribution in [0, 0.1) is 80.2 Å². The number of hydrogen-bond acceptors (Lipinski definition) is 30. The standard InChI is InChI=1S/C34H60N6O8.C16H31NO4.C12H17NO5S.C12H13NO4.C10H11I2NO2.C10H13NO4/c1-11-19-38(20-16-35-29(41)46-32(2,3)4)24-27(23-26-12-14-28(15-13-26)40(44)45)25-39(21-17-36-30(42)47-33(5,6)7)22-18-37-31(43)48-34(8,9)10;1-15(2,3)20-13(18)9-7-11-17-12-8-10-14(19)21-16(4,5)6;1-3-10(9-18-19(2,16)17)8-11-4-6-12(7-5-11)13(14)15;1-8(14)12(9(2)15)7-10-3-5-11(6-4-10)13(16)17;11-6-9(7-12)5-8-1-3-10(4-2-8)13(14)15;12-6-9(7-13)5-8-1-3-10(4-2-8)11(14)15/h12-15,27H,11,16-25H2,1-10H3,(H,35,41)(H,36,42)(H,37,43);17H,7-12H2,1-6H3;4-7,10H,3,8-9H2,1-2H3;3-6,12H,7H2,1-2H3;1-4,9H,5-7H2;1-4,9,12-13H,5-7H2. The van der Waals surface area contributed by atoms with Crippen LogP contribution in [-0.4, -0.2) is 230 Å². The number of hydrogen-bond donors (Lipinski definition) is 6. The number of Topliss-reactive ketones (excluding diaryl/α,β-unsaturated/α-hetero) is 2. The first-order chi connectivity index (χ1) is 62.7. The van der Waals surface area contributed by atoms with Gasteiger partial charge < -0.3 is 60.1 Å². The van der Waals surface area contributed by atoms with E-state index in [1.165, 1.54) is 67.9 Å². The minimum absolute atomic E-state index is 0.00375. The molecule has 38 nitrogen and oxygen atoms in total. The zero-order valence-corrected chi connectivity index (χ0v) is 87.1. The summed E-state index contributed by atoms with van der Waals surface area (Å²) in [7, 11) is -3.43. The Morgan fingerprint density at radius 1 is 0.393 bits per heavy atom. The maximum absolute atomic E-state index is 12.3. The van der Waals surface area contributed by atoms with Crippen molar-refractivity contribution in [2.75, 3.05) is 107 Å². The van der Waals surface area contributed by atoms with Gasteiger partial charge in [-0.2, -0.15) is 8.42 Å². The number of esters is 2. The lowest BCUT2D eigenvalue weighted by atomic mass is 9.93. The number of nitrogens with zero attached hydrogens (tertiary/aromatic N) is 7. The maximum atomic E-state index is 12.3. The minimum atomic E-state index is -3.43. The second-order valence-electron chi connectivity index (χ2n) is 37.0. The number of carbonyl (C=O) groups is 7. The molecular weight excluding hydrogens is 2000 g/mol. The predicted octanol–water partition coefficient (Wildman–Crippen LogP) is 16.6. The first kappa shape index (κ1) is 125. The van der Waals surface area contributed by atoms with Crippen LogP contribution in [0.1, 0.15) is 198 Å². The molecule has 0 aliphatic heterocycles. The van der Waals surface area contributed by atoms with Crippen LogP contribution < -0.4 is 21.3 Å². The first-order valence-corrected chi connectivity index (χ1v) is 49.4. The number of non-ortho nitro benzene ring substituents is 5. The Morgan fingerprint density at radius 2 is 0.652 bits per heavy atom. The molecule has 41 heteroatoms. The highest BCUT2D eigenvalue weighted by Crippen LogP contribution is 2.24. The number of nitrogens with one attached hydrogen (secondary N) is 4. The molecule has 3 amide bonds. The van der Waals surface area contributed by atoms with Gasteiger partial charge in [0.2, 0.25) is 0 Å². The van der Waals surface area contributed by atoms with Crippen LogP contribution in [0.2, 0.25) is 0 Å². The number of nitro groups is 5. The van der Waals surface area contributed by atoms with Crippen molar-refractivity contribution in [3.63, 3.8) is 0 Å². The number of ketones is 2. The van der Waals surface area contributed by atoms with Crippen molar-refractivity contribution in [3.8, 4) is 0 Å². The summed E-state index contributed by atoms with van der Waals surface area (Å²) in [4.78, 5) is 138. The van der Waals surface area contributed by atoms with Crippen LogP contribution in [0.5, 0.6) is 0 Å². The van der Waals surface area contributed by atoms with E-state index in [9.17, 15) is 92.6 Å². The second kappa shape index (κ2) is 65.2. The number of rotatable bonds is 48. The van der Waals surface area contributed by atoms with E-state index in [4.69, 9.17) is 38.1 Å². The third-order valence-corrected chi connectivity index (χ3v) is 21.5. The van der Waals surface area contributed by atoms with Gasteiger partial charge in [0.15, 0.2) is 0 Å². The number of ether oxygens (including phenoxy) is 5. The fourth-order valence-corrected chi connectivity index (χ4v) is 15.0. The Bertz CT molecular complexity index is 4350. The lowest BCUT2D eigenvalue weighted by Gasteiger charge is -2.32. The van der Waals surface area contributed by atoms with Crippen molar-refractivity contribution in [2.45, 2.75) is 230 Å². The van der Waals surface area contributed by atoms with Crippen LogP contribution in [0.15, 0.2) is 121 Å². The molecule has 0 fully saturated rings. The van der Waals surface area contributed by atoms with Gasteiger partial charge >= 0.3 is 30.2 Å². The van der Waals surface area contributed by atoms with Crippen molar-refractivity contribution >= 4 is 126 Å². The van der Waals surface area contributed by atoms with Crippen molar-refractivity contribution in [2.24, 2.45) is 29.6 Å². The van der Waals surface area contributed by atoms with E-state index in [2.05, 4.69) is 83.2 Å². The lowest BCUT2D eigenvalue weighted by molar-refractivity contribution is -0.385. The molecule has 0 aliphatic carbocycles. The summed E-state index contributed by atoms with van der Waals surface area (Å²) in [5.74, 6) is -0.780. The fraction of sp³-hybridized carbons (Fsp3) is 0.606. The van der Waals surface area contributed by atoms with Crippen molar-refractivity contribution in [1.29, 1.82) is 0 Å². The van der Waals surface area contributed by atoms with Crippen LogP contribution >= 0.6 is 45.2 Å². The van der Waals surface area contributed by atoms with Gasteiger partial charge in [-0.15, -0.1) is 0 Å². The van der Waals surface area contributed by atoms with Crippen LogP contribution in [0.3, 0.4) is 0 Å². The number of alkyl carbamates (subject to hydrolysis) is 3. The molecule has 0 aromatic heterocycles. The van der Waals surface area contributed by atoms with E-state index in [1.807, 2.05) is 81.4 Å². The molecule has 0 aliphatic rings. The summed E-state index contributed by atoms with van der Waals surface area (Å²) in [5.41, 5.74) is 2.26. The number of aliphatic hydroxyl groups excluding tert-OH is 2. The number of amides is 3. The monoisotopic (exact) mass is 2150 g/mol. The number of carbonyl (C=O) groups excluding carboxylic acids is 7. The number of alkyl halides is 2. The van der Waals surface area contributed by atoms with E-state index >= 15 is 0 Å². The second-order valence-corrected chi connectivity index (χ2v) is 40.4. The van der Waals surface area contributed by atoms with E-state index in [-0.39, 0.29) is 94.4 Å². The van der Waals surface area contributed by atoms with Gasteiger partial charge in [-0.3, -0.25) is 78.8 Å². The Hall–Kier alpha value is -9.64. The predicted molar refractivity (Wildman–Crippen MR) is 535 cm³/mol. The minimum Gasteiger partial charge on any atom is -0.460 e. The first-order valence-electron chi connectivity index (χ1n) is 44.6. The van der Waals surface area contributed by atoms with Crippen molar-refractivity contribution < 1.29 is 105 Å². The molecule has 0 heterocycles. The molecule has 5 aromatic carbocycles. The van der Waals surface area contributed by atoms with Crippen molar-refractivity contribution in [3.05, 3.63) is 200 Å². The van der Waals surface area contributed by atoms with Gasteiger partial charge in [0.25, 0.3) is 38.6 Å². The Kier molecular flexibility index (Phi) is 60.6. The third kappa shape index (κ3) is 65.7. The normalized spacial score (nSPS) is 11.9. The fourth-order valence-electron chi connectivity index (χ4n) is 12.1. The van der Waals surface area contributed by atoms with Gasteiger partial charge in [-0.05, 0) is 234 Å². The molecule has 758 valence electrons. The highest BCUT2D eigenvalue weighted by atomic mass is 127. The molecular formula is C94H145I2N11O27S. The Morgan fingerprint density at radius 3 is 0.889 bits per heavy atom. The van der Waals surface area contributed by atoms with Gasteiger partial charge in [0.1, 0.15) is 39.6 Å². The van der Waals surface area contributed by atoms with Gasteiger partial charge in [-0.25, -0.2) is 14.4 Å². The molecule has 0 radical (unpaired) electrons. The number of benzene rings is 5. The van der Waals surface area contributed by atoms with E-state index in [0.29, 0.717) is 96.8 Å². The number of nitro benzene ring substituents is 5.